The van der Waals surface area contributed by atoms with Crippen molar-refractivity contribution in [3.63, 3.8) is 0 Å². The van der Waals surface area contributed by atoms with E-state index in [0.717, 1.165) is 11.8 Å². The molecular weight excluding hydrogens is 156 g/mol. The zero-order valence-electron chi connectivity index (χ0n) is 7.74. The van der Waals surface area contributed by atoms with Crippen LogP contribution in [0.1, 0.15) is 19.3 Å². The smallest absolute Gasteiger partial charge is 0.0129 e. The Morgan fingerprint density at radius 1 is 1.23 bits per heavy atom. The summed E-state index contributed by atoms with van der Waals surface area (Å²) in [5.74, 6) is 2.44. The molecule has 0 aliphatic heterocycles. The summed E-state index contributed by atoms with van der Waals surface area (Å²) >= 11 is 0. The lowest BCUT2D eigenvalue weighted by atomic mass is 9.66. The maximum absolute atomic E-state index is 3.54. The Labute approximate surface area is 80.0 Å². The lowest BCUT2D eigenvalue weighted by molar-refractivity contribution is 0.252. The molecule has 1 fully saturated rings. The van der Waals surface area contributed by atoms with E-state index >= 15 is 0 Å². The van der Waals surface area contributed by atoms with Crippen LogP contribution in [-0.4, -0.2) is 0 Å². The van der Waals surface area contributed by atoms with Crippen molar-refractivity contribution in [2.75, 3.05) is 0 Å². The van der Waals surface area contributed by atoms with E-state index in [0.29, 0.717) is 5.92 Å². The zero-order valence-corrected chi connectivity index (χ0v) is 7.74. The predicted octanol–water partition coefficient (Wildman–Crippen LogP) is 3.17. The summed E-state index contributed by atoms with van der Waals surface area (Å²) < 4.78 is 0. The third-order valence-corrected chi connectivity index (χ3v) is 3.60. The van der Waals surface area contributed by atoms with Crippen LogP contribution in [0.2, 0.25) is 0 Å². The highest BCUT2D eigenvalue weighted by Crippen LogP contribution is 2.45. The molecule has 0 amide bonds. The van der Waals surface area contributed by atoms with Crippen LogP contribution in [0.15, 0.2) is 36.0 Å². The average Bonchev–Trinajstić information content (AvgIpc) is 2.65. The van der Waals surface area contributed by atoms with E-state index in [9.17, 15) is 0 Å². The number of hydrogen-bond donors (Lipinski definition) is 0. The summed E-state index contributed by atoms with van der Waals surface area (Å²) in [6.07, 6.45) is 18.8. The van der Waals surface area contributed by atoms with Crippen molar-refractivity contribution in [1.82, 2.24) is 0 Å². The Morgan fingerprint density at radius 2 is 2.15 bits per heavy atom. The van der Waals surface area contributed by atoms with Gasteiger partial charge in [-0.05, 0) is 31.1 Å². The summed E-state index contributed by atoms with van der Waals surface area (Å²) in [6, 6.07) is 0. The van der Waals surface area contributed by atoms with Crippen LogP contribution in [0, 0.1) is 24.2 Å². The van der Waals surface area contributed by atoms with E-state index in [4.69, 9.17) is 0 Å². The molecule has 0 aromatic carbocycles. The van der Waals surface area contributed by atoms with Crippen molar-refractivity contribution in [2.45, 2.75) is 19.3 Å². The highest BCUT2D eigenvalue weighted by atomic mass is 14.4. The van der Waals surface area contributed by atoms with Crippen LogP contribution < -0.4 is 0 Å². The van der Waals surface area contributed by atoms with Crippen molar-refractivity contribution < 1.29 is 0 Å². The first kappa shape index (κ1) is 7.61. The second-order valence-electron chi connectivity index (χ2n) is 4.28. The molecule has 2 radical (unpaired) electrons. The Morgan fingerprint density at radius 3 is 3.15 bits per heavy atom. The lowest BCUT2D eigenvalue weighted by Gasteiger charge is -2.38. The third kappa shape index (κ3) is 1.12. The van der Waals surface area contributed by atoms with Crippen LogP contribution in [0.25, 0.3) is 0 Å². The fourth-order valence-electron chi connectivity index (χ4n) is 2.86. The Bertz CT molecular complexity index is 293. The van der Waals surface area contributed by atoms with Gasteiger partial charge in [-0.2, -0.15) is 0 Å². The minimum atomic E-state index is 0.698. The molecule has 3 unspecified atom stereocenters. The van der Waals surface area contributed by atoms with Crippen molar-refractivity contribution in [3.8, 4) is 0 Å². The van der Waals surface area contributed by atoms with Gasteiger partial charge in [0.1, 0.15) is 0 Å². The first-order valence-corrected chi connectivity index (χ1v) is 5.22. The van der Waals surface area contributed by atoms with Crippen LogP contribution in [-0.2, 0) is 0 Å². The van der Waals surface area contributed by atoms with E-state index in [2.05, 4.69) is 36.8 Å². The topological polar surface area (TPSA) is 0 Å². The van der Waals surface area contributed by atoms with Gasteiger partial charge in [-0.3, -0.25) is 0 Å². The average molecular weight is 170 g/mol. The number of fused-ring (bicyclic) bond motifs is 3. The van der Waals surface area contributed by atoms with Gasteiger partial charge >= 0.3 is 0 Å². The Hall–Kier alpha value is -0.780. The molecule has 3 atom stereocenters. The fraction of sp³-hybridized carbons (Fsp3) is 0.462. The second kappa shape index (κ2) is 2.87. The van der Waals surface area contributed by atoms with Gasteiger partial charge in [0, 0.05) is 12.3 Å². The number of rotatable bonds is 0. The quantitative estimate of drug-likeness (QED) is 0.490. The number of hydrogen-bond acceptors (Lipinski definition) is 0. The molecule has 0 aromatic heterocycles. The second-order valence-corrected chi connectivity index (χ2v) is 4.28. The van der Waals surface area contributed by atoms with Gasteiger partial charge in [-0.1, -0.05) is 36.0 Å². The molecule has 0 saturated heterocycles. The van der Waals surface area contributed by atoms with Gasteiger partial charge in [-0.25, -0.2) is 0 Å². The summed E-state index contributed by atoms with van der Waals surface area (Å²) in [4.78, 5) is 0. The lowest BCUT2D eigenvalue weighted by Crippen LogP contribution is -2.29. The normalized spacial score (nSPS) is 41.2. The van der Waals surface area contributed by atoms with Crippen LogP contribution in [0.4, 0.5) is 0 Å². The van der Waals surface area contributed by atoms with Gasteiger partial charge in [0.05, 0.1) is 0 Å². The standard InChI is InChI=1S/C13H14/c1-2-6-12-10(4-1)8-9-11-5-3-7-13(11)12/h1-3,5,7,10,12-13H,4,6,8H2. The highest BCUT2D eigenvalue weighted by Gasteiger charge is 2.35. The maximum atomic E-state index is 3.54. The van der Waals surface area contributed by atoms with Gasteiger partial charge in [0.25, 0.3) is 0 Å². The summed E-state index contributed by atoms with van der Waals surface area (Å²) in [5, 5.41) is 0. The minimum Gasteiger partial charge on any atom is -0.0882 e. The van der Waals surface area contributed by atoms with Gasteiger partial charge < -0.3 is 0 Å². The molecule has 0 bridgehead atoms. The van der Waals surface area contributed by atoms with Crippen molar-refractivity contribution >= 4 is 0 Å². The van der Waals surface area contributed by atoms with Crippen molar-refractivity contribution in [1.29, 1.82) is 0 Å². The minimum absolute atomic E-state index is 0.698. The van der Waals surface area contributed by atoms with Crippen molar-refractivity contribution in [3.05, 3.63) is 42.4 Å². The highest BCUT2D eigenvalue weighted by molar-refractivity contribution is 5.36. The molecule has 0 heterocycles. The molecule has 3 aliphatic carbocycles. The maximum Gasteiger partial charge on any atom is 0.0129 e. The van der Waals surface area contributed by atoms with Crippen LogP contribution in [0.3, 0.4) is 0 Å². The molecule has 3 aliphatic rings. The fourth-order valence-corrected chi connectivity index (χ4v) is 2.86. The predicted molar refractivity (Wildman–Crippen MR) is 53.9 cm³/mol. The molecule has 0 heteroatoms. The molecule has 0 nitrogen and oxygen atoms in total. The largest absolute Gasteiger partial charge is 0.0882 e. The van der Waals surface area contributed by atoms with Gasteiger partial charge in [0.2, 0.25) is 0 Å². The Kier molecular flexibility index (Phi) is 1.68. The molecule has 1 saturated carbocycles. The van der Waals surface area contributed by atoms with E-state index < -0.39 is 0 Å². The molecule has 13 heavy (non-hydrogen) atoms. The first-order valence-electron chi connectivity index (χ1n) is 5.22. The molecular formula is C13H14. The monoisotopic (exact) mass is 170 g/mol. The molecule has 66 valence electrons. The van der Waals surface area contributed by atoms with E-state index in [-0.39, 0.29) is 0 Å². The number of allylic oxidation sites excluding steroid dienone is 6. The summed E-state index contributed by atoms with van der Waals surface area (Å²) in [5.41, 5.74) is 1.46. The SMILES string of the molecule is [C]1CC2CC=CCC2C2C=CC=C12. The van der Waals surface area contributed by atoms with E-state index in [1.54, 1.807) is 0 Å². The zero-order chi connectivity index (χ0) is 8.67. The Balaban J connectivity index is 1.90. The van der Waals surface area contributed by atoms with Gasteiger partial charge in [0.15, 0.2) is 0 Å². The van der Waals surface area contributed by atoms with Gasteiger partial charge in [-0.15, -0.1) is 0 Å². The molecule has 0 N–H and O–H groups in total. The van der Waals surface area contributed by atoms with Crippen LogP contribution in [0.5, 0.6) is 0 Å². The van der Waals surface area contributed by atoms with E-state index in [1.807, 2.05) is 0 Å². The summed E-state index contributed by atoms with van der Waals surface area (Å²) in [7, 11) is 0. The van der Waals surface area contributed by atoms with Crippen molar-refractivity contribution in [2.24, 2.45) is 17.8 Å². The summed E-state index contributed by atoms with van der Waals surface area (Å²) in [6.45, 7) is 0. The third-order valence-electron chi connectivity index (χ3n) is 3.60. The van der Waals surface area contributed by atoms with E-state index in [1.165, 1.54) is 24.8 Å². The first-order chi connectivity index (χ1) is 6.45. The molecule has 3 rings (SSSR count). The molecule has 0 aromatic rings. The van der Waals surface area contributed by atoms with Crippen LogP contribution >= 0.6 is 0 Å². The molecule has 0 spiro atoms.